The minimum Gasteiger partial charge on any atom is -0.451 e. The molecule has 0 fully saturated rings. The van der Waals surface area contributed by atoms with Crippen LogP contribution in [-0.2, 0) is 0 Å². The van der Waals surface area contributed by atoms with Crippen LogP contribution in [0.2, 0.25) is 0 Å². The van der Waals surface area contributed by atoms with Gasteiger partial charge in [0.25, 0.3) is 0 Å². The van der Waals surface area contributed by atoms with E-state index in [4.69, 9.17) is 4.42 Å². The molecule has 13 heavy (non-hydrogen) atoms. The van der Waals surface area contributed by atoms with Gasteiger partial charge in [-0.15, -0.1) is 12.6 Å². The molecule has 0 spiro atoms. The van der Waals surface area contributed by atoms with Crippen LogP contribution >= 0.6 is 12.6 Å². The minimum atomic E-state index is -0.337. The van der Waals surface area contributed by atoms with Crippen molar-refractivity contribution >= 4 is 12.6 Å². The van der Waals surface area contributed by atoms with Crippen molar-refractivity contribution in [3.63, 3.8) is 0 Å². The van der Waals surface area contributed by atoms with Gasteiger partial charge in [0, 0.05) is 10.5 Å². The molecule has 0 saturated heterocycles. The molecule has 1 aromatic heterocycles. The van der Waals surface area contributed by atoms with Gasteiger partial charge in [-0.05, 0) is 18.2 Å². The average Bonchev–Trinajstić information content (AvgIpc) is 2.62. The van der Waals surface area contributed by atoms with Crippen molar-refractivity contribution in [3.05, 3.63) is 36.7 Å². The van der Waals surface area contributed by atoms with E-state index in [1.165, 1.54) is 18.7 Å². The summed E-state index contributed by atoms with van der Waals surface area (Å²) in [6.45, 7) is 0. The molecule has 0 N–H and O–H groups in total. The molecule has 1 aromatic carbocycles. The van der Waals surface area contributed by atoms with E-state index in [9.17, 15) is 4.39 Å². The van der Waals surface area contributed by atoms with Crippen molar-refractivity contribution in [1.82, 2.24) is 4.98 Å². The number of hydrogen-bond donors (Lipinski definition) is 1. The Balaban J connectivity index is 2.49. The smallest absolute Gasteiger partial charge is 0.181 e. The lowest BCUT2D eigenvalue weighted by Gasteiger charge is -1.98. The van der Waals surface area contributed by atoms with Crippen molar-refractivity contribution in [2.75, 3.05) is 0 Å². The zero-order valence-electron chi connectivity index (χ0n) is 6.57. The quantitative estimate of drug-likeness (QED) is 0.708. The van der Waals surface area contributed by atoms with Gasteiger partial charge < -0.3 is 4.42 Å². The first-order chi connectivity index (χ1) is 6.27. The van der Waals surface area contributed by atoms with E-state index in [1.54, 1.807) is 12.1 Å². The van der Waals surface area contributed by atoms with Crippen LogP contribution in [0.25, 0.3) is 11.3 Å². The minimum absolute atomic E-state index is 0.306. The van der Waals surface area contributed by atoms with Crippen LogP contribution in [0, 0.1) is 5.82 Å². The molecule has 0 saturated carbocycles. The number of aromatic nitrogens is 1. The number of rotatable bonds is 1. The summed E-state index contributed by atoms with van der Waals surface area (Å²) in [5.74, 6) is -0.337. The maximum atomic E-state index is 12.8. The zero-order valence-corrected chi connectivity index (χ0v) is 7.46. The maximum Gasteiger partial charge on any atom is 0.181 e. The SMILES string of the molecule is Fc1ccc(-c2cocn2)cc1S. The second-order valence-electron chi connectivity index (χ2n) is 2.54. The van der Waals surface area contributed by atoms with E-state index in [0.29, 0.717) is 10.6 Å². The van der Waals surface area contributed by atoms with Crippen LogP contribution in [0.1, 0.15) is 0 Å². The van der Waals surface area contributed by atoms with E-state index >= 15 is 0 Å². The second-order valence-corrected chi connectivity index (χ2v) is 3.02. The molecule has 66 valence electrons. The van der Waals surface area contributed by atoms with E-state index in [2.05, 4.69) is 17.6 Å². The Morgan fingerprint density at radius 1 is 1.38 bits per heavy atom. The lowest BCUT2D eigenvalue weighted by atomic mass is 10.2. The van der Waals surface area contributed by atoms with Crippen LogP contribution < -0.4 is 0 Å². The molecule has 0 aliphatic heterocycles. The summed E-state index contributed by atoms with van der Waals surface area (Å²) in [4.78, 5) is 4.24. The highest BCUT2D eigenvalue weighted by Crippen LogP contribution is 2.22. The third-order valence-electron chi connectivity index (χ3n) is 1.67. The van der Waals surface area contributed by atoms with Crippen LogP contribution in [0.5, 0.6) is 0 Å². The van der Waals surface area contributed by atoms with E-state index in [1.807, 2.05) is 0 Å². The Morgan fingerprint density at radius 2 is 2.23 bits per heavy atom. The normalized spacial score (nSPS) is 10.3. The summed E-state index contributed by atoms with van der Waals surface area (Å²) in [6, 6.07) is 4.59. The topological polar surface area (TPSA) is 26.0 Å². The Morgan fingerprint density at radius 3 is 2.85 bits per heavy atom. The number of halogens is 1. The number of oxazole rings is 1. The predicted molar refractivity (Wildman–Crippen MR) is 49.1 cm³/mol. The maximum absolute atomic E-state index is 12.8. The van der Waals surface area contributed by atoms with E-state index < -0.39 is 0 Å². The third-order valence-corrected chi connectivity index (χ3v) is 2.02. The highest BCUT2D eigenvalue weighted by Gasteiger charge is 2.03. The highest BCUT2D eigenvalue weighted by molar-refractivity contribution is 7.80. The average molecular weight is 195 g/mol. The summed E-state index contributed by atoms with van der Waals surface area (Å²) in [5, 5.41) is 0. The van der Waals surface area contributed by atoms with Gasteiger partial charge in [0.15, 0.2) is 6.39 Å². The molecule has 0 radical (unpaired) electrons. The molecular weight excluding hydrogens is 189 g/mol. The zero-order chi connectivity index (χ0) is 9.26. The van der Waals surface area contributed by atoms with Gasteiger partial charge >= 0.3 is 0 Å². The number of benzene rings is 1. The summed E-state index contributed by atoms with van der Waals surface area (Å²) >= 11 is 3.97. The Kier molecular flexibility index (Phi) is 2.06. The first kappa shape index (κ1) is 8.31. The standard InChI is InChI=1S/C9H6FNOS/c10-7-2-1-6(3-9(7)13)8-4-12-5-11-8/h1-5,13H. The number of nitrogens with zero attached hydrogens (tertiary/aromatic N) is 1. The first-order valence-corrected chi connectivity index (χ1v) is 4.09. The lowest BCUT2D eigenvalue weighted by Crippen LogP contribution is -1.81. The van der Waals surface area contributed by atoms with Gasteiger partial charge in [0.2, 0.25) is 0 Å². The van der Waals surface area contributed by atoms with Gasteiger partial charge in [-0.2, -0.15) is 0 Å². The van der Waals surface area contributed by atoms with Crippen LogP contribution in [0.4, 0.5) is 4.39 Å². The van der Waals surface area contributed by atoms with Crippen molar-refractivity contribution in [2.24, 2.45) is 0 Å². The van der Waals surface area contributed by atoms with E-state index in [0.717, 1.165) is 5.56 Å². The van der Waals surface area contributed by atoms with Gasteiger partial charge in [-0.3, -0.25) is 0 Å². The molecule has 0 unspecified atom stereocenters. The summed E-state index contributed by atoms with van der Waals surface area (Å²) in [5.41, 5.74) is 1.47. The predicted octanol–water partition coefficient (Wildman–Crippen LogP) is 2.77. The molecule has 0 bridgehead atoms. The molecule has 0 amide bonds. The number of thiol groups is 1. The van der Waals surface area contributed by atoms with Gasteiger partial charge in [0.05, 0.1) is 0 Å². The number of hydrogen-bond acceptors (Lipinski definition) is 3. The molecule has 0 aliphatic rings. The Labute approximate surface area is 79.8 Å². The van der Waals surface area contributed by atoms with Gasteiger partial charge in [0.1, 0.15) is 17.8 Å². The summed E-state index contributed by atoms with van der Waals surface area (Å²) < 4.78 is 17.6. The first-order valence-electron chi connectivity index (χ1n) is 3.64. The third kappa shape index (κ3) is 1.58. The van der Waals surface area contributed by atoms with Crippen molar-refractivity contribution < 1.29 is 8.81 Å². The van der Waals surface area contributed by atoms with Crippen molar-refractivity contribution in [1.29, 1.82) is 0 Å². The van der Waals surface area contributed by atoms with Crippen LogP contribution in [-0.4, -0.2) is 4.98 Å². The molecule has 2 nitrogen and oxygen atoms in total. The van der Waals surface area contributed by atoms with Crippen molar-refractivity contribution in [3.8, 4) is 11.3 Å². The molecule has 2 rings (SSSR count). The monoisotopic (exact) mass is 195 g/mol. The lowest BCUT2D eigenvalue weighted by molar-refractivity contribution is 0.558. The largest absolute Gasteiger partial charge is 0.451 e. The fourth-order valence-electron chi connectivity index (χ4n) is 1.03. The Bertz CT molecular complexity index is 414. The van der Waals surface area contributed by atoms with Crippen LogP contribution in [0.3, 0.4) is 0 Å². The summed E-state index contributed by atoms with van der Waals surface area (Å²) in [7, 11) is 0. The van der Waals surface area contributed by atoms with E-state index in [-0.39, 0.29) is 5.82 Å². The molecule has 0 aliphatic carbocycles. The molecule has 2 aromatic rings. The fourth-order valence-corrected chi connectivity index (χ4v) is 1.24. The second kappa shape index (κ2) is 3.22. The molecular formula is C9H6FNOS. The molecule has 4 heteroatoms. The summed E-state index contributed by atoms with van der Waals surface area (Å²) in [6.07, 6.45) is 2.83. The van der Waals surface area contributed by atoms with Crippen molar-refractivity contribution in [2.45, 2.75) is 4.90 Å². The molecule has 0 atom stereocenters. The molecule has 1 heterocycles. The Hall–Kier alpha value is -1.29. The van der Waals surface area contributed by atoms with Crippen LogP contribution in [0.15, 0.2) is 40.2 Å². The highest BCUT2D eigenvalue weighted by atomic mass is 32.1. The van der Waals surface area contributed by atoms with Gasteiger partial charge in [-0.25, -0.2) is 9.37 Å². The fraction of sp³-hybridized carbons (Fsp3) is 0. The van der Waals surface area contributed by atoms with Gasteiger partial charge in [-0.1, -0.05) is 0 Å².